The van der Waals surface area contributed by atoms with E-state index in [4.69, 9.17) is 10.5 Å². The summed E-state index contributed by atoms with van der Waals surface area (Å²) in [6.45, 7) is 2.33. The number of carbonyl (C=O) groups excluding carboxylic acids is 2. The molecule has 1 aromatic carbocycles. The number of benzene rings is 1. The van der Waals surface area contributed by atoms with Crippen LogP contribution in [0, 0.1) is 0 Å². The number of hydrogen-bond donors (Lipinski definition) is 2. The Kier molecular flexibility index (Phi) is 4.24. The third kappa shape index (κ3) is 3.28. The Bertz CT molecular complexity index is 554. The van der Waals surface area contributed by atoms with Gasteiger partial charge in [0.1, 0.15) is 0 Å². The third-order valence-electron chi connectivity index (χ3n) is 2.83. The fraction of sp³-hybridized carbons (Fsp3) is 0.286. The number of para-hydroxylation sites is 2. The average molecular weight is 275 g/mol. The van der Waals surface area contributed by atoms with Crippen LogP contribution in [0.25, 0.3) is 0 Å². The minimum absolute atomic E-state index is 0.0360. The summed E-state index contributed by atoms with van der Waals surface area (Å²) >= 11 is 0. The summed E-state index contributed by atoms with van der Waals surface area (Å²) in [5.74, 6) is -0.152. The highest BCUT2D eigenvalue weighted by Gasteiger charge is 2.23. The van der Waals surface area contributed by atoms with Crippen molar-refractivity contribution in [2.45, 2.75) is 6.92 Å². The Morgan fingerprint density at radius 2 is 2.15 bits per heavy atom. The van der Waals surface area contributed by atoms with E-state index >= 15 is 0 Å². The zero-order valence-corrected chi connectivity index (χ0v) is 11.3. The van der Waals surface area contributed by atoms with Crippen LogP contribution in [-0.4, -0.2) is 36.5 Å². The molecule has 3 N–H and O–H groups in total. The maximum absolute atomic E-state index is 11.7. The minimum atomic E-state index is -0.491. The SMILES string of the molecule is CCOC(=O)N1CC(=O)C=C(Nc2ccccc2N)C1. The van der Waals surface area contributed by atoms with E-state index < -0.39 is 6.09 Å². The highest BCUT2D eigenvalue weighted by molar-refractivity contribution is 5.96. The van der Waals surface area contributed by atoms with Crippen molar-refractivity contribution in [3.63, 3.8) is 0 Å². The Morgan fingerprint density at radius 3 is 2.85 bits per heavy atom. The first-order chi connectivity index (χ1) is 9.60. The molecular formula is C14H17N3O3. The van der Waals surface area contributed by atoms with Gasteiger partial charge in [-0.15, -0.1) is 0 Å². The Morgan fingerprint density at radius 1 is 1.40 bits per heavy atom. The number of rotatable bonds is 3. The molecule has 0 atom stereocenters. The summed E-state index contributed by atoms with van der Waals surface area (Å²) in [6.07, 6.45) is 0.997. The zero-order chi connectivity index (χ0) is 14.5. The molecule has 106 valence electrons. The van der Waals surface area contributed by atoms with Gasteiger partial charge in [-0.05, 0) is 19.1 Å². The second kappa shape index (κ2) is 6.10. The Hall–Kier alpha value is -2.50. The molecule has 1 aliphatic heterocycles. The fourth-order valence-corrected chi connectivity index (χ4v) is 1.94. The number of hydrogen-bond acceptors (Lipinski definition) is 5. The number of ether oxygens (including phenoxy) is 1. The molecule has 6 nitrogen and oxygen atoms in total. The molecule has 0 saturated heterocycles. The number of carbonyl (C=O) groups is 2. The van der Waals surface area contributed by atoms with Crippen molar-refractivity contribution in [3.05, 3.63) is 36.0 Å². The highest BCUT2D eigenvalue weighted by atomic mass is 16.6. The van der Waals surface area contributed by atoms with Gasteiger partial charge in [0, 0.05) is 11.8 Å². The quantitative estimate of drug-likeness (QED) is 0.819. The first-order valence-electron chi connectivity index (χ1n) is 6.36. The maximum Gasteiger partial charge on any atom is 0.410 e. The molecule has 0 unspecified atom stereocenters. The van der Waals surface area contributed by atoms with Crippen LogP contribution >= 0.6 is 0 Å². The van der Waals surface area contributed by atoms with E-state index in [1.807, 2.05) is 18.2 Å². The number of anilines is 2. The van der Waals surface area contributed by atoms with E-state index in [2.05, 4.69) is 5.32 Å². The lowest BCUT2D eigenvalue weighted by Gasteiger charge is -2.26. The number of nitrogens with zero attached hydrogens (tertiary/aromatic N) is 1. The van der Waals surface area contributed by atoms with Gasteiger partial charge in [-0.2, -0.15) is 0 Å². The van der Waals surface area contributed by atoms with Gasteiger partial charge in [-0.1, -0.05) is 12.1 Å². The van der Waals surface area contributed by atoms with Gasteiger partial charge in [0.25, 0.3) is 0 Å². The average Bonchev–Trinajstić information content (AvgIpc) is 2.41. The monoisotopic (exact) mass is 275 g/mol. The molecule has 0 aromatic heterocycles. The predicted octanol–water partition coefficient (Wildman–Crippen LogP) is 1.61. The number of nitrogen functional groups attached to an aromatic ring is 1. The van der Waals surface area contributed by atoms with E-state index in [9.17, 15) is 9.59 Å². The fourth-order valence-electron chi connectivity index (χ4n) is 1.94. The zero-order valence-electron chi connectivity index (χ0n) is 11.3. The number of ketones is 1. The molecule has 1 amide bonds. The van der Waals surface area contributed by atoms with Gasteiger partial charge in [0.2, 0.25) is 0 Å². The lowest BCUT2D eigenvalue weighted by molar-refractivity contribution is -0.116. The van der Waals surface area contributed by atoms with E-state index in [1.54, 1.807) is 13.0 Å². The van der Waals surface area contributed by atoms with E-state index in [0.717, 1.165) is 0 Å². The van der Waals surface area contributed by atoms with Crippen molar-refractivity contribution in [1.29, 1.82) is 0 Å². The molecule has 20 heavy (non-hydrogen) atoms. The van der Waals surface area contributed by atoms with E-state index in [0.29, 0.717) is 23.6 Å². The molecular weight excluding hydrogens is 258 g/mol. The largest absolute Gasteiger partial charge is 0.450 e. The minimum Gasteiger partial charge on any atom is -0.450 e. The molecule has 0 spiro atoms. The first kappa shape index (κ1) is 13.9. The van der Waals surface area contributed by atoms with Crippen LogP contribution in [0.5, 0.6) is 0 Å². The molecule has 1 aromatic rings. The summed E-state index contributed by atoms with van der Waals surface area (Å²) in [7, 11) is 0. The van der Waals surface area contributed by atoms with Crippen LogP contribution in [-0.2, 0) is 9.53 Å². The second-order valence-corrected chi connectivity index (χ2v) is 4.40. The summed E-state index contributed by atoms with van der Waals surface area (Å²) in [5.41, 5.74) is 7.74. The van der Waals surface area contributed by atoms with Gasteiger partial charge in [-0.25, -0.2) is 4.79 Å². The highest BCUT2D eigenvalue weighted by Crippen LogP contribution is 2.20. The topological polar surface area (TPSA) is 84.7 Å². The van der Waals surface area contributed by atoms with Crippen molar-refractivity contribution < 1.29 is 14.3 Å². The van der Waals surface area contributed by atoms with E-state index in [1.165, 1.54) is 11.0 Å². The van der Waals surface area contributed by atoms with Crippen molar-refractivity contribution in [2.24, 2.45) is 0 Å². The Balaban J connectivity index is 2.10. The van der Waals surface area contributed by atoms with Gasteiger partial charge >= 0.3 is 6.09 Å². The smallest absolute Gasteiger partial charge is 0.410 e. The van der Waals surface area contributed by atoms with Gasteiger partial charge in [0.05, 0.1) is 31.1 Å². The van der Waals surface area contributed by atoms with Crippen LogP contribution in [0.3, 0.4) is 0 Å². The molecule has 2 rings (SSSR count). The molecule has 1 heterocycles. The van der Waals surface area contributed by atoms with Crippen molar-refractivity contribution >= 4 is 23.3 Å². The van der Waals surface area contributed by atoms with Crippen molar-refractivity contribution in [2.75, 3.05) is 30.7 Å². The summed E-state index contributed by atoms with van der Waals surface area (Å²) < 4.78 is 4.91. The second-order valence-electron chi connectivity index (χ2n) is 4.40. The predicted molar refractivity (Wildman–Crippen MR) is 76.2 cm³/mol. The standard InChI is InChI=1S/C14H17N3O3/c1-2-20-14(19)17-8-10(7-11(18)9-17)16-13-6-4-3-5-12(13)15/h3-7,16H,2,8-9,15H2,1H3. The maximum atomic E-state index is 11.7. The van der Waals surface area contributed by atoms with Crippen LogP contribution in [0.15, 0.2) is 36.0 Å². The normalized spacial score (nSPS) is 14.8. The van der Waals surface area contributed by atoms with Crippen LogP contribution in [0.2, 0.25) is 0 Å². The van der Waals surface area contributed by atoms with Gasteiger partial charge in [0.15, 0.2) is 5.78 Å². The third-order valence-corrected chi connectivity index (χ3v) is 2.83. The van der Waals surface area contributed by atoms with E-state index in [-0.39, 0.29) is 18.9 Å². The summed E-state index contributed by atoms with van der Waals surface area (Å²) in [5, 5.41) is 3.07. The first-order valence-corrected chi connectivity index (χ1v) is 6.36. The Labute approximate surface area is 117 Å². The van der Waals surface area contributed by atoms with Gasteiger partial charge < -0.3 is 15.8 Å². The molecule has 1 aliphatic rings. The number of nitrogens with one attached hydrogen (secondary N) is 1. The van der Waals surface area contributed by atoms with Crippen LogP contribution in [0.4, 0.5) is 16.2 Å². The molecule has 0 saturated carbocycles. The molecule has 0 bridgehead atoms. The lowest BCUT2D eigenvalue weighted by Crippen LogP contribution is -2.41. The van der Waals surface area contributed by atoms with Crippen LogP contribution in [0.1, 0.15) is 6.92 Å². The summed E-state index contributed by atoms with van der Waals surface area (Å²) in [4.78, 5) is 24.7. The van der Waals surface area contributed by atoms with Crippen molar-refractivity contribution in [1.82, 2.24) is 4.90 Å². The molecule has 0 fully saturated rings. The molecule has 0 radical (unpaired) electrons. The number of nitrogens with two attached hydrogens (primary N) is 1. The molecule has 0 aliphatic carbocycles. The van der Waals surface area contributed by atoms with Crippen LogP contribution < -0.4 is 11.1 Å². The number of amides is 1. The van der Waals surface area contributed by atoms with Gasteiger partial charge in [-0.3, -0.25) is 9.69 Å². The summed E-state index contributed by atoms with van der Waals surface area (Å²) in [6, 6.07) is 7.24. The molecule has 6 heteroatoms. The lowest BCUT2D eigenvalue weighted by atomic mass is 10.2. The van der Waals surface area contributed by atoms with Crippen molar-refractivity contribution in [3.8, 4) is 0 Å².